The van der Waals surface area contributed by atoms with E-state index < -0.39 is 23.9 Å². The van der Waals surface area contributed by atoms with Crippen molar-refractivity contribution in [3.63, 3.8) is 0 Å². The summed E-state index contributed by atoms with van der Waals surface area (Å²) in [5, 5.41) is 23.1. The number of carbonyl (C=O) groups excluding carboxylic acids is 1. The van der Waals surface area contributed by atoms with Crippen molar-refractivity contribution in [3.05, 3.63) is 34.4 Å². The third kappa shape index (κ3) is 6.20. The van der Waals surface area contributed by atoms with Gasteiger partial charge in [-0.25, -0.2) is 4.79 Å². The zero-order chi connectivity index (χ0) is 17.8. The Bertz CT molecular complexity index is 549. The van der Waals surface area contributed by atoms with Crippen LogP contribution in [0, 0.1) is 20.8 Å². The molecule has 1 aromatic rings. The molecule has 130 valence electrons. The Kier molecular flexibility index (Phi) is 6.59. The molecule has 23 heavy (non-hydrogen) atoms. The fourth-order valence-electron chi connectivity index (χ4n) is 2.30. The van der Waals surface area contributed by atoms with E-state index in [1.54, 1.807) is 20.8 Å². The number of nitrogens with one attached hydrogen (secondary N) is 1. The number of amides is 1. The molecule has 1 rings (SSSR count). The van der Waals surface area contributed by atoms with E-state index in [9.17, 15) is 15.0 Å². The van der Waals surface area contributed by atoms with Crippen molar-refractivity contribution in [3.8, 4) is 0 Å². The minimum Gasteiger partial charge on any atom is -0.444 e. The van der Waals surface area contributed by atoms with Gasteiger partial charge >= 0.3 is 6.09 Å². The molecule has 0 heterocycles. The van der Waals surface area contributed by atoms with E-state index >= 15 is 0 Å². The SMILES string of the molecule is Cc1cc(C)c(C(O)C(O)CCNC(=O)OC(C)(C)C)cc1C. The van der Waals surface area contributed by atoms with E-state index in [2.05, 4.69) is 5.32 Å². The molecule has 0 saturated heterocycles. The molecule has 0 spiro atoms. The van der Waals surface area contributed by atoms with Crippen molar-refractivity contribution in [2.45, 2.75) is 65.8 Å². The van der Waals surface area contributed by atoms with E-state index in [0.29, 0.717) is 0 Å². The van der Waals surface area contributed by atoms with Crippen LogP contribution < -0.4 is 5.32 Å². The summed E-state index contributed by atoms with van der Waals surface area (Å²) >= 11 is 0. The van der Waals surface area contributed by atoms with Gasteiger partial charge in [-0.15, -0.1) is 0 Å². The van der Waals surface area contributed by atoms with E-state index in [1.807, 2.05) is 32.9 Å². The van der Waals surface area contributed by atoms with Gasteiger partial charge in [0.15, 0.2) is 0 Å². The number of rotatable bonds is 5. The Morgan fingerprint density at radius 1 is 1.13 bits per heavy atom. The highest BCUT2D eigenvalue weighted by atomic mass is 16.6. The number of hydrogen-bond donors (Lipinski definition) is 3. The predicted molar refractivity (Wildman–Crippen MR) is 90.5 cm³/mol. The van der Waals surface area contributed by atoms with Gasteiger partial charge in [-0.05, 0) is 70.2 Å². The Hall–Kier alpha value is -1.59. The van der Waals surface area contributed by atoms with Crippen molar-refractivity contribution in [2.75, 3.05) is 6.54 Å². The molecular formula is C18H29NO4. The second-order valence-electron chi connectivity index (χ2n) is 7.02. The summed E-state index contributed by atoms with van der Waals surface area (Å²) in [6, 6.07) is 3.90. The van der Waals surface area contributed by atoms with Crippen LogP contribution in [0.5, 0.6) is 0 Å². The molecule has 2 unspecified atom stereocenters. The van der Waals surface area contributed by atoms with Crippen LogP contribution in [-0.4, -0.2) is 34.6 Å². The Morgan fingerprint density at radius 2 is 1.70 bits per heavy atom. The fraction of sp³-hybridized carbons (Fsp3) is 0.611. The fourth-order valence-corrected chi connectivity index (χ4v) is 2.30. The topological polar surface area (TPSA) is 78.8 Å². The van der Waals surface area contributed by atoms with Gasteiger partial charge in [-0.1, -0.05) is 12.1 Å². The lowest BCUT2D eigenvalue weighted by Crippen LogP contribution is -2.34. The van der Waals surface area contributed by atoms with Crippen LogP contribution >= 0.6 is 0 Å². The highest BCUT2D eigenvalue weighted by Crippen LogP contribution is 2.25. The zero-order valence-electron chi connectivity index (χ0n) is 14.9. The third-order valence-corrected chi connectivity index (χ3v) is 3.67. The van der Waals surface area contributed by atoms with Crippen molar-refractivity contribution in [1.82, 2.24) is 5.32 Å². The van der Waals surface area contributed by atoms with Gasteiger partial charge in [0, 0.05) is 6.54 Å². The zero-order valence-corrected chi connectivity index (χ0v) is 14.9. The molecule has 0 aliphatic heterocycles. The molecule has 0 saturated carbocycles. The molecule has 1 amide bonds. The second-order valence-corrected chi connectivity index (χ2v) is 7.02. The van der Waals surface area contributed by atoms with E-state index in [-0.39, 0.29) is 13.0 Å². The molecule has 0 radical (unpaired) electrons. The van der Waals surface area contributed by atoms with Crippen LogP contribution in [0.1, 0.15) is 55.5 Å². The summed E-state index contributed by atoms with van der Waals surface area (Å²) < 4.78 is 5.12. The predicted octanol–water partition coefficient (Wildman–Crippen LogP) is 2.92. The van der Waals surface area contributed by atoms with Crippen LogP contribution in [0.2, 0.25) is 0 Å². The van der Waals surface area contributed by atoms with Crippen LogP contribution in [0.25, 0.3) is 0 Å². The monoisotopic (exact) mass is 323 g/mol. The number of aliphatic hydroxyl groups excluding tert-OH is 2. The molecule has 0 aliphatic carbocycles. The number of aliphatic hydroxyl groups is 2. The number of alkyl carbamates (subject to hydrolysis) is 1. The molecule has 0 bridgehead atoms. The Balaban J connectivity index is 2.57. The summed E-state index contributed by atoms with van der Waals surface area (Å²) in [6.07, 6.45) is -2.21. The van der Waals surface area contributed by atoms with Gasteiger partial charge < -0.3 is 20.3 Å². The first-order chi connectivity index (χ1) is 10.5. The largest absolute Gasteiger partial charge is 0.444 e. The Morgan fingerprint density at radius 3 is 2.26 bits per heavy atom. The summed E-state index contributed by atoms with van der Waals surface area (Å²) in [4.78, 5) is 11.5. The molecule has 5 nitrogen and oxygen atoms in total. The van der Waals surface area contributed by atoms with Gasteiger partial charge in [0.1, 0.15) is 11.7 Å². The first kappa shape index (κ1) is 19.5. The number of carbonyl (C=O) groups is 1. The molecule has 0 aliphatic rings. The maximum atomic E-state index is 11.5. The molecule has 1 aromatic carbocycles. The summed E-state index contributed by atoms with van der Waals surface area (Å²) in [5.41, 5.74) is 3.33. The number of hydrogen-bond acceptors (Lipinski definition) is 4. The minimum absolute atomic E-state index is 0.233. The van der Waals surface area contributed by atoms with Crippen molar-refractivity contribution >= 4 is 6.09 Å². The molecular weight excluding hydrogens is 294 g/mol. The lowest BCUT2D eigenvalue weighted by molar-refractivity contribution is 0.0119. The lowest BCUT2D eigenvalue weighted by atomic mass is 9.94. The lowest BCUT2D eigenvalue weighted by Gasteiger charge is -2.22. The molecule has 0 aromatic heterocycles. The standard InChI is InChI=1S/C18H29NO4/c1-11-9-13(3)14(10-12(11)2)16(21)15(20)7-8-19-17(22)23-18(4,5)6/h9-10,15-16,20-21H,7-8H2,1-6H3,(H,19,22). The summed E-state index contributed by atoms with van der Waals surface area (Å²) in [5.74, 6) is 0. The normalized spacial score (nSPS) is 14.3. The van der Waals surface area contributed by atoms with E-state index in [0.717, 1.165) is 22.3 Å². The van der Waals surface area contributed by atoms with E-state index in [4.69, 9.17) is 4.74 Å². The van der Waals surface area contributed by atoms with Crippen LogP contribution in [-0.2, 0) is 4.74 Å². The van der Waals surface area contributed by atoms with Crippen molar-refractivity contribution in [2.24, 2.45) is 0 Å². The minimum atomic E-state index is -0.977. The second kappa shape index (κ2) is 7.79. The molecule has 5 heteroatoms. The number of ether oxygens (including phenoxy) is 1. The van der Waals surface area contributed by atoms with Crippen LogP contribution in [0.4, 0.5) is 4.79 Å². The smallest absolute Gasteiger partial charge is 0.407 e. The quantitative estimate of drug-likeness (QED) is 0.778. The highest BCUT2D eigenvalue weighted by Gasteiger charge is 2.21. The van der Waals surface area contributed by atoms with E-state index in [1.165, 1.54) is 0 Å². The maximum Gasteiger partial charge on any atom is 0.407 e. The van der Waals surface area contributed by atoms with Crippen molar-refractivity contribution < 1.29 is 19.7 Å². The van der Waals surface area contributed by atoms with Gasteiger partial charge in [-0.2, -0.15) is 0 Å². The van der Waals surface area contributed by atoms with Gasteiger partial charge in [-0.3, -0.25) is 0 Å². The van der Waals surface area contributed by atoms with Crippen LogP contribution in [0.3, 0.4) is 0 Å². The highest BCUT2D eigenvalue weighted by molar-refractivity contribution is 5.67. The number of aryl methyl sites for hydroxylation is 3. The van der Waals surface area contributed by atoms with Gasteiger partial charge in [0.25, 0.3) is 0 Å². The first-order valence-corrected chi connectivity index (χ1v) is 7.92. The number of benzene rings is 1. The third-order valence-electron chi connectivity index (χ3n) is 3.67. The molecule has 0 fully saturated rings. The van der Waals surface area contributed by atoms with Gasteiger partial charge in [0.2, 0.25) is 0 Å². The first-order valence-electron chi connectivity index (χ1n) is 7.92. The summed E-state index contributed by atoms with van der Waals surface area (Å²) in [7, 11) is 0. The maximum absolute atomic E-state index is 11.5. The average Bonchev–Trinajstić information content (AvgIpc) is 2.40. The Labute approximate surface area is 138 Å². The van der Waals surface area contributed by atoms with Crippen molar-refractivity contribution in [1.29, 1.82) is 0 Å². The van der Waals surface area contributed by atoms with Crippen LogP contribution in [0.15, 0.2) is 12.1 Å². The summed E-state index contributed by atoms with van der Waals surface area (Å²) in [6.45, 7) is 11.5. The molecule has 3 N–H and O–H groups in total. The van der Waals surface area contributed by atoms with Gasteiger partial charge in [0.05, 0.1) is 6.10 Å². The molecule has 2 atom stereocenters. The average molecular weight is 323 g/mol.